The molecule has 10 heteroatoms. The van der Waals surface area contributed by atoms with Crippen LogP contribution in [0, 0.1) is 5.82 Å². The number of hydrogen-bond donors (Lipinski definition) is 2. The molecule has 3 aromatic rings. The number of nitrogens with zero attached hydrogens (tertiary/aromatic N) is 1. The molecule has 28 heavy (non-hydrogen) atoms. The lowest BCUT2D eigenvalue weighted by Crippen LogP contribution is -2.27. The van der Waals surface area contributed by atoms with Crippen LogP contribution in [-0.4, -0.2) is 25.9 Å². The average Bonchev–Trinajstić information content (AvgIpc) is 3.13. The van der Waals surface area contributed by atoms with E-state index in [1.807, 2.05) is 0 Å². The first-order valence-corrected chi connectivity index (χ1v) is 10.8. The lowest BCUT2D eigenvalue weighted by Gasteiger charge is -2.06. The summed E-state index contributed by atoms with van der Waals surface area (Å²) < 4.78 is 39.8. The minimum atomic E-state index is -3.65. The molecule has 0 bridgehead atoms. The summed E-state index contributed by atoms with van der Waals surface area (Å²) in [5, 5.41) is 4.66. The maximum atomic E-state index is 13.2. The van der Waals surface area contributed by atoms with E-state index in [-0.39, 0.29) is 28.8 Å². The van der Waals surface area contributed by atoms with Crippen molar-refractivity contribution in [2.24, 2.45) is 0 Å². The van der Waals surface area contributed by atoms with Crippen LogP contribution < -0.4 is 10.0 Å². The number of sulfonamides is 1. The Hall–Kier alpha value is -2.33. The van der Waals surface area contributed by atoms with Crippen molar-refractivity contribution in [3.05, 3.63) is 64.8 Å². The minimum absolute atomic E-state index is 0.0122. The van der Waals surface area contributed by atoms with Gasteiger partial charge in [0, 0.05) is 23.9 Å². The van der Waals surface area contributed by atoms with Crippen LogP contribution >= 0.6 is 22.9 Å². The van der Waals surface area contributed by atoms with Gasteiger partial charge < -0.3 is 5.32 Å². The van der Waals surface area contributed by atoms with Crippen LogP contribution in [0.2, 0.25) is 5.02 Å². The highest BCUT2D eigenvalue weighted by atomic mass is 35.5. The summed E-state index contributed by atoms with van der Waals surface area (Å²) in [7, 11) is -3.65. The zero-order valence-corrected chi connectivity index (χ0v) is 16.7. The number of nitrogens with one attached hydrogen (secondary N) is 2. The van der Waals surface area contributed by atoms with E-state index < -0.39 is 15.8 Å². The smallest absolute Gasteiger partial charge is 0.240 e. The number of amides is 1. The molecule has 0 aliphatic heterocycles. The third-order valence-electron chi connectivity index (χ3n) is 3.66. The molecule has 1 heterocycles. The van der Waals surface area contributed by atoms with Gasteiger partial charge in [0.1, 0.15) is 5.82 Å². The molecular formula is C18H15ClFN3O3S2. The molecule has 0 radical (unpaired) electrons. The second-order valence-corrected chi connectivity index (χ2v) is 8.71. The number of carbonyl (C=O) groups is 1. The van der Waals surface area contributed by atoms with Gasteiger partial charge in [0.25, 0.3) is 0 Å². The molecule has 0 aliphatic rings. The van der Waals surface area contributed by atoms with E-state index in [4.69, 9.17) is 11.6 Å². The molecule has 1 amide bonds. The van der Waals surface area contributed by atoms with Crippen molar-refractivity contribution in [2.75, 3.05) is 11.9 Å². The molecule has 0 unspecified atom stereocenters. The average molecular weight is 440 g/mol. The number of rotatable bonds is 7. The van der Waals surface area contributed by atoms with Gasteiger partial charge in [-0.05, 0) is 30.3 Å². The van der Waals surface area contributed by atoms with E-state index >= 15 is 0 Å². The molecule has 2 N–H and O–H groups in total. The van der Waals surface area contributed by atoms with Crippen molar-refractivity contribution in [3.8, 4) is 11.3 Å². The van der Waals surface area contributed by atoms with Crippen molar-refractivity contribution in [3.63, 3.8) is 0 Å². The predicted molar refractivity (Wildman–Crippen MR) is 107 cm³/mol. The zero-order valence-electron chi connectivity index (χ0n) is 14.4. The van der Waals surface area contributed by atoms with E-state index in [0.29, 0.717) is 16.4 Å². The fourth-order valence-electron chi connectivity index (χ4n) is 2.28. The zero-order chi connectivity index (χ0) is 20.1. The Morgan fingerprint density at radius 2 is 1.93 bits per heavy atom. The van der Waals surface area contributed by atoms with Crippen LogP contribution in [0.1, 0.15) is 6.42 Å². The Morgan fingerprint density at radius 1 is 1.18 bits per heavy atom. The predicted octanol–water partition coefficient (Wildman–Crippen LogP) is 3.91. The van der Waals surface area contributed by atoms with Crippen molar-refractivity contribution in [2.45, 2.75) is 11.3 Å². The molecular weight excluding hydrogens is 425 g/mol. The highest BCUT2D eigenvalue weighted by molar-refractivity contribution is 7.89. The Bertz CT molecular complexity index is 1090. The number of aromatic nitrogens is 1. The third kappa shape index (κ3) is 5.14. The van der Waals surface area contributed by atoms with Crippen LogP contribution in [0.15, 0.2) is 58.8 Å². The number of benzene rings is 2. The van der Waals surface area contributed by atoms with Crippen molar-refractivity contribution in [1.29, 1.82) is 0 Å². The molecule has 1 aromatic heterocycles. The number of thiazole rings is 1. The molecule has 0 saturated carbocycles. The molecule has 0 spiro atoms. The summed E-state index contributed by atoms with van der Waals surface area (Å²) in [6.45, 7) is -0.0468. The van der Waals surface area contributed by atoms with E-state index in [9.17, 15) is 17.6 Å². The van der Waals surface area contributed by atoms with Gasteiger partial charge in [0.05, 0.1) is 15.6 Å². The van der Waals surface area contributed by atoms with Crippen LogP contribution in [0.5, 0.6) is 0 Å². The maximum absolute atomic E-state index is 13.2. The molecule has 6 nitrogen and oxygen atoms in total. The molecule has 0 fully saturated rings. The van der Waals surface area contributed by atoms with Gasteiger partial charge in [0.2, 0.25) is 15.9 Å². The fraction of sp³-hybridized carbons (Fsp3) is 0.111. The first-order valence-electron chi connectivity index (χ1n) is 8.11. The van der Waals surface area contributed by atoms with Crippen molar-refractivity contribution < 1.29 is 17.6 Å². The van der Waals surface area contributed by atoms with Crippen molar-refractivity contribution >= 4 is 44.0 Å². The number of hydrogen-bond acceptors (Lipinski definition) is 5. The van der Waals surface area contributed by atoms with E-state index in [1.54, 1.807) is 29.6 Å². The topological polar surface area (TPSA) is 88.2 Å². The summed E-state index contributed by atoms with van der Waals surface area (Å²) in [5.41, 5.74) is 1.17. The Morgan fingerprint density at radius 3 is 2.64 bits per heavy atom. The highest BCUT2D eigenvalue weighted by Crippen LogP contribution is 2.28. The largest absolute Gasteiger partial charge is 0.302 e. The van der Waals surface area contributed by atoms with Crippen LogP contribution in [0.3, 0.4) is 0 Å². The fourth-order valence-corrected chi connectivity index (χ4v) is 4.25. The van der Waals surface area contributed by atoms with Gasteiger partial charge >= 0.3 is 0 Å². The van der Waals surface area contributed by atoms with E-state index in [2.05, 4.69) is 15.0 Å². The second kappa shape index (κ2) is 8.78. The molecule has 2 aromatic carbocycles. The molecule has 146 valence electrons. The van der Waals surface area contributed by atoms with Crippen LogP contribution in [-0.2, 0) is 14.8 Å². The van der Waals surface area contributed by atoms with E-state index in [0.717, 1.165) is 0 Å². The van der Waals surface area contributed by atoms with E-state index in [1.165, 1.54) is 35.6 Å². The first kappa shape index (κ1) is 20.4. The molecule has 0 saturated heterocycles. The maximum Gasteiger partial charge on any atom is 0.240 e. The summed E-state index contributed by atoms with van der Waals surface area (Å²) in [5.74, 6) is -0.902. The van der Waals surface area contributed by atoms with Gasteiger partial charge in [-0.25, -0.2) is 22.5 Å². The Balaban J connectivity index is 1.54. The van der Waals surface area contributed by atoms with Gasteiger partial charge in [-0.1, -0.05) is 29.8 Å². The third-order valence-corrected chi connectivity index (χ3v) is 6.19. The molecule has 0 aliphatic carbocycles. The summed E-state index contributed by atoms with van der Waals surface area (Å²) in [6.07, 6.45) is -0.0522. The van der Waals surface area contributed by atoms with Gasteiger partial charge in [-0.15, -0.1) is 11.3 Å². The summed E-state index contributed by atoms with van der Waals surface area (Å²) >= 11 is 6.97. The number of anilines is 1. The molecule has 3 rings (SSSR count). The number of carbonyl (C=O) groups excluding carboxylic acids is 1. The van der Waals surface area contributed by atoms with Gasteiger partial charge in [-0.2, -0.15) is 0 Å². The lowest BCUT2D eigenvalue weighted by molar-refractivity contribution is -0.116. The Labute approximate surface area is 170 Å². The second-order valence-electron chi connectivity index (χ2n) is 5.68. The van der Waals surface area contributed by atoms with Crippen LogP contribution in [0.4, 0.5) is 9.52 Å². The molecule has 0 atom stereocenters. The van der Waals surface area contributed by atoms with Gasteiger partial charge in [0.15, 0.2) is 5.13 Å². The van der Waals surface area contributed by atoms with Crippen LogP contribution in [0.25, 0.3) is 11.3 Å². The first-order chi connectivity index (χ1) is 13.3. The quantitative estimate of drug-likeness (QED) is 0.584. The van der Waals surface area contributed by atoms with Gasteiger partial charge in [-0.3, -0.25) is 4.79 Å². The summed E-state index contributed by atoms with van der Waals surface area (Å²) in [4.78, 5) is 16.4. The highest BCUT2D eigenvalue weighted by Gasteiger charge is 2.14. The van der Waals surface area contributed by atoms with Crippen molar-refractivity contribution in [1.82, 2.24) is 9.71 Å². The lowest BCUT2D eigenvalue weighted by atomic mass is 10.2. The normalized spacial score (nSPS) is 11.4. The standard InChI is InChI=1S/C18H15ClFN3O3S2/c19-14-10-12(6-7-15(14)20)16-11-27-18(22-16)23-17(24)8-9-21-28(25,26)13-4-2-1-3-5-13/h1-7,10-11,21H,8-9H2,(H,22,23,24). The Kier molecular flexibility index (Phi) is 6.40. The summed E-state index contributed by atoms with van der Waals surface area (Å²) in [6, 6.07) is 12.1. The number of halogens is 2. The minimum Gasteiger partial charge on any atom is -0.302 e. The SMILES string of the molecule is O=C(CCNS(=O)(=O)c1ccccc1)Nc1nc(-c2ccc(F)c(Cl)c2)cs1. The monoisotopic (exact) mass is 439 g/mol.